The van der Waals surface area contributed by atoms with Crippen LogP contribution >= 0.6 is 23.2 Å². The topological polar surface area (TPSA) is 65.0 Å². The number of ketones is 1. The smallest absolute Gasteiger partial charge is 0.364 e. The number of nitrogens with zero attached hydrogens (tertiary/aromatic N) is 1. The van der Waals surface area contributed by atoms with Crippen molar-refractivity contribution in [3.8, 4) is 0 Å². The minimum Gasteiger partial charge on any atom is -0.461 e. The number of hydrogen-bond acceptors (Lipinski definition) is 5. The first kappa shape index (κ1) is 16.5. The van der Waals surface area contributed by atoms with Gasteiger partial charge in [-0.15, -0.1) is 0 Å². The third kappa shape index (κ3) is 4.83. The average molecular weight is 318 g/mol. The minimum atomic E-state index is -0.817. The van der Waals surface area contributed by atoms with Crippen LogP contribution in [-0.2, 0) is 25.8 Å². The second-order valence-corrected chi connectivity index (χ2v) is 4.57. The van der Waals surface area contributed by atoms with Crippen molar-refractivity contribution in [1.29, 1.82) is 0 Å². The predicted molar refractivity (Wildman–Crippen MR) is 76.0 cm³/mol. The van der Waals surface area contributed by atoms with Gasteiger partial charge in [0.05, 0.1) is 6.61 Å². The summed E-state index contributed by atoms with van der Waals surface area (Å²) in [5.74, 6) is -1.35. The van der Waals surface area contributed by atoms with Gasteiger partial charge in [0.25, 0.3) is 0 Å². The number of carbonyl (C=O) groups excluding carboxylic acids is 2. The summed E-state index contributed by atoms with van der Waals surface area (Å²) in [5.41, 5.74) is 0.239. The summed E-state index contributed by atoms with van der Waals surface area (Å²) in [6.07, 6.45) is 0. The van der Waals surface area contributed by atoms with Crippen LogP contribution in [0.3, 0.4) is 0 Å². The molecule has 0 radical (unpaired) electrons. The van der Waals surface area contributed by atoms with E-state index < -0.39 is 17.5 Å². The van der Waals surface area contributed by atoms with Gasteiger partial charge in [0.1, 0.15) is 6.61 Å². The molecule has 0 saturated heterocycles. The lowest BCUT2D eigenvalue weighted by Crippen LogP contribution is -2.24. The molecule has 20 heavy (non-hydrogen) atoms. The SMILES string of the molecule is CCOC(=O)/C(=N/OCc1ccc(Cl)cc1Cl)C(C)=O. The molecule has 5 nitrogen and oxygen atoms in total. The summed E-state index contributed by atoms with van der Waals surface area (Å²) in [6.45, 7) is 2.98. The van der Waals surface area contributed by atoms with Crippen LogP contribution in [0, 0.1) is 0 Å². The first-order chi connectivity index (χ1) is 9.45. The highest BCUT2D eigenvalue weighted by atomic mass is 35.5. The third-order valence-corrected chi connectivity index (χ3v) is 2.78. The summed E-state index contributed by atoms with van der Waals surface area (Å²) in [5, 5.41) is 4.41. The highest BCUT2D eigenvalue weighted by Crippen LogP contribution is 2.21. The lowest BCUT2D eigenvalue weighted by molar-refractivity contribution is -0.136. The molecule has 0 saturated carbocycles. The quantitative estimate of drug-likeness (QED) is 0.350. The minimum absolute atomic E-state index is 0.00614. The van der Waals surface area contributed by atoms with Crippen LogP contribution in [0.15, 0.2) is 23.4 Å². The van der Waals surface area contributed by atoms with Gasteiger partial charge in [-0.25, -0.2) is 4.79 Å². The molecular formula is C13H13Cl2NO4. The average Bonchev–Trinajstić information content (AvgIpc) is 2.36. The van der Waals surface area contributed by atoms with Crippen molar-refractivity contribution in [2.45, 2.75) is 20.5 Å². The predicted octanol–water partition coefficient (Wildman–Crippen LogP) is 3.02. The maximum atomic E-state index is 11.4. The number of esters is 1. The van der Waals surface area contributed by atoms with Crippen LogP contribution < -0.4 is 0 Å². The molecule has 0 atom stereocenters. The number of halogens is 2. The molecule has 0 unspecified atom stereocenters. The van der Waals surface area contributed by atoms with Gasteiger partial charge in [-0.1, -0.05) is 34.4 Å². The molecule has 0 aliphatic heterocycles. The Bertz CT molecular complexity index is 543. The van der Waals surface area contributed by atoms with Gasteiger partial charge in [0.15, 0.2) is 5.78 Å². The van der Waals surface area contributed by atoms with Crippen molar-refractivity contribution in [3.05, 3.63) is 33.8 Å². The Morgan fingerprint density at radius 3 is 2.55 bits per heavy atom. The Hall–Kier alpha value is -1.59. The summed E-state index contributed by atoms with van der Waals surface area (Å²) < 4.78 is 4.69. The van der Waals surface area contributed by atoms with E-state index in [9.17, 15) is 9.59 Å². The van der Waals surface area contributed by atoms with Gasteiger partial charge < -0.3 is 9.57 Å². The van der Waals surface area contributed by atoms with Crippen molar-refractivity contribution in [2.24, 2.45) is 5.16 Å². The molecule has 108 valence electrons. The Morgan fingerprint density at radius 1 is 1.30 bits per heavy atom. The van der Waals surface area contributed by atoms with E-state index >= 15 is 0 Å². The number of Topliss-reactive ketones (excluding diaryl/α,β-unsaturated/α-hetero) is 1. The van der Waals surface area contributed by atoms with Crippen molar-refractivity contribution < 1.29 is 19.2 Å². The van der Waals surface area contributed by atoms with Crippen molar-refractivity contribution in [3.63, 3.8) is 0 Å². The highest BCUT2D eigenvalue weighted by molar-refractivity contribution is 6.63. The van der Waals surface area contributed by atoms with Gasteiger partial charge in [-0.3, -0.25) is 4.79 Å². The molecule has 0 aliphatic carbocycles. The highest BCUT2D eigenvalue weighted by Gasteiger charge is 2.18. The fourth-order valence-corrected chi connectivity index (χ4v) is 1.71. The van der Waals surface area contributed by atoms with E-state index in [2.05, 4.69) is 5.16 Å². The van der Waals surface area contributed by atoms with E-state index in [4.69, 9.17) is 32.8 Å². The molecule has 1 aromatic carbocycles. The maximum Gasteiger partial charge on any atom is 0.364 e. The van der Waals surface area contributed by atoms with Crippen LogP contribution in [0.5, 0.6) is 0 Å². The number of hydrogen-bond donors (Lipinski definition) is 0. The number of oxime groups is 1. The van der Waals surface area contributed by atoms with E-state index in [1.807, 2.05) is 0 Å². The van der Waals surface area contributed by atoms with E-state index in [0.29, 0.717) is 15.6 Å². The normalized spacial score (nSPS) is 11.1. The van der Waals surface area contributed by atoms with Gasteiger partial charge in [-0.05, 0) is 19.1 Å². The van der Waals surface area contributed by atoms with E-state index in [1.165, 1.54) is 6.92 Å². The molecule has 0 bridgehead atoms. The van der Waals surface area contributed by atoms with E-state index in [0.717, 1.165) is 0 Å². The molecule has 0 amide bonds. The van der Waals surface area contributed by atoms with Crippen molar-refractivity contribution >= 4 is 40.7 Å². The molecular weight excluding hydrogens is 305 g/mol. The monoisotopic (exact) mass is 317 g/mol. The first-order valence-electron chi connectivity index (χ1n) is 5.77. The molecule has 0 N–H and O–H groups in total. The largest absolute Gasteiger partial charge is 0.461 e. The molecule has 0 aliphatic rings. The Balaban J connectivity index is 2.73. The molecule has 0 aromatic heterocycles. The number of ether oxygens (including phenoxy) is 1. The van der Waals surface area contributed by atoms with Gasteiger partial charge in [0, 0.05) is 22.5 Å². The Labute approximate surface area is 126 Å². The summed E-state index contributed by atoms with van der Waals surface area (Å²) >= 11 is 11.7. The summed E-state index contributed by atoms with van der Waals surface area (Å²) in [7, 11) is 0. The Kier molecular flexibility index (Phi) is 6.48. The maximum absolute atomic E-state index is 11.4. The molecule has 1 aromatic rings. The molecule has 0 heterocycles. The molecule has 7 heteroatoms. The summed E-state index contributed by atoms with van der Waals surface area (Å²) in [6, 6.07) is 4.87. The zero-order valence-corrected chi connectivity index (χ0v) is 12.5. The van der Waals surface area contributed by atoms with E-state index in [1.54, 1.807) is 25.1 Å². The fraction of sp³-hybridized carbons (Fsp3) is 0.308. The van der Waals surface area contributed by atoms with Crippen LogP contribution in [0.1, 0.15) is 19.4 Å². The van der Waals surface area contributed by atoms with Crippen LogP contribution in [0.2, 0.25) is 10.0 Å². The van der Waals surface area contributed by atoms with Gasteiger partial charge >= 0.3 is 5.97 Å². The number of benzene rings is 1. The number of rotatable bonds is 6. The molecule has 0 fully saturated rings. The summed E-state index contributed by atoms with van der Waals surface area (Å²) in [4.78, 5) is 27.7. The second-order valence-electron chi connectivity index (χ2n) is 3.73. The third-order valence-electron chi connectivity index (χ3n) is 2.19. The second kappa shape index (κ2) is 7.87. The van der Waals surface area contributed by atoms with Crippen LogP contribution in [0.4, 0.5) is 0 Å². The lowest BCUT2D eigenvalue weighted by atomic mass is 10.2. The van der Waals surface area contributed by atoms with Crippen LogP contribution in [-0.4, -0.2) is 24.1 Å². The van der Waals surface area contributed by atoms with Crippen molar-refractivity contribution in [1.82, 2.24) is 0 Å². The standard InChI is InChI=1S/C13H13Cl2NO4/c1-3-19-13(18)12(8(2)17)16-20-7-9-4-5-10(14)6-11(9)15/h4-6H,3,7H2,1-2H3/b16-12+. The molecule has 0 spiro atoms. The van der Waals surface area contributed by atoms with Crippen molar-refractivity contribution in [2.75, 3.05) is 6.61 Å². The zero-order chi connectivity index (χ0) is 15.1. The molecule has 1 rings (SSSR count). The first-order valence-corrected chi connectivity index (χ1v) is 6.53. The zero-order valence-electron chi connectivity index (χ0n) is 11.0. The van der Waals surface area contributed by atoms with Crippen LogP contribution in [0.25, 0.3) is 0 Å². The lowest BCUT2D eigenvalue weighted by Gasteiger charge is -2.05. The van der Waals surface area contributed by atoms with Gasteiger partial charge in [-0.2, -0.15) is 0 Å². The Morgan fingerprint density at radius 2 is 2.00 bits per heavy atom. The van der Waals surface area contributed by atoms with Gasteiger partial charge in [0.2, 0.25) is 5.71 Å². The van der Waals surface area contributed by atoms with E-state index in [-0.39, 0.29) is 13.2 Å². The fourth-order valence-electron chi connectivity index (χ4n) is 1.25. The number of carbonyl (C=O) groups is 2.